The van der Waals surface area contributed by atoms with Crippen LogP contribution in [-0.2, 0) is 33.3 Å². The number of rotatable bonds is 50. The van der Waals surface area contributed by atoms with Crippen LogP contribution < -0.4 is 0 Å². The molecular formula is C55H104NO8+. The molecule has 0 radical (unpaired) electrons. The van der Waals surface area contributed by atoms with E-state index in [0.717, 1.165) is 38.5 Å². The number of carbonyl (C=O) groups excluding carboxylic acids is 2. The summed E-state index contributed by atoms with van der Waals surface area (Å²) in [6.07, 6.45) is 51.0. The Labute approximate surface area is 395 Å². The molecule has 0 aliphatic carbocycles. The lowest BCUT2D eigenvalue weighted by Gasteiger charge is -2.25. The number of hydrogen-bond acceptors (Lipinski definition) is 7. The maximum atomic E-state index is 12.8. The molecule has 0 aromatic carbocycles. The van der Waals surface area contributed by atoms with Crippen LogP contribution in [0.1, 0.15) is 251 Å². The van der Waals surface area contributed by atoms with Crippen molar-refractivity contribution in [2.45, 2.75) is 264 Å². The molecule has 0 fully saturated rings. The van der Waals surface area contributed by atoms with Crippen molar-refractivity contribution in [1.82, 2.24) is 0 Å². The van der Waals surface area contributed by atoms with Gasteiger partial charge in [0.25, 0.3) is 6.29 Å². The molecule has 0 aliphatic rings. The van der Waals surface area contributed by atoms with Gasteiger partial charge in [-0.3, -0.25) is 9.59 Å². The van der Waals surface area contributed by atoms with Gasteiger partial charge in [0.05, 0.1) is 34.4 Å². The Balaban J connectivity index is 4.30. The summed E-state index contributed by atoms with van der Waals surface area (Å²) in [7, 11) is 5.97. The summed E-state index contributed by atoms with van der Waals surface area (Å²) in [6, 6.07) is 0. The monoisotopic (exact) mass is 907 g/mol. The first-order valence-electron chi connectivity index (χ1n) is 27.0. The Morgan fingerprint density at radius 2 is 0.797 bits per heavy atom. The second-order valence-electron chi connectivity index (χ2n) is 19.5. The Bertz CT molecular complexity index is 1100. The van der Waals surface area contributed by atoms with Gasteiger partial charge in [-0.25, -0.2) is 4.79 Å². The molecule has 0 aromatic heterocycles. The Morgan fingerprint density at radius 1 is 0.453 bits per heavy atom. The van der Waals surface area contributed by atoms with Gasteiger partial charge in [0.15, 0.2) is 6.10 Å². The molecule has 0 aliphatic heterocycles. The molecule has 64 heavy (non-hydrogen) atoms. The van der Waals surface area contributed by atoms with E-state index < -0.39 is 24.3 Å². The minimum Gasteiger partial charge on any atom is -0.477 e. The van der Waals surface area contributed by atoms with Gasteiger partial charge >= 0.3 is 17.9 Å². The lowest BCUT2D eigenvalue weighted by atomic mass is 10.1. The highest BCUT2D eigenvalue weighted by atomic mass is 16.7. The zero-order valence-corrected chi connectivity index (χ0v) is 42.7. The van der Waals surface area contributed by atoms with Crippen molar-refractivity contribution in [2.24, 2.45) is 0 Å². The predicted molar refractivity (Wildman–Crippen MR) is 268 cm³/mol. The first kappa shape index (κ1) is 61.8. The molecule has 0 spiro atoms. The van der Waals surface area contributed by atoms with Gasteiger partial charge in [-0.2, -0.15) is 0 Å². The van der Waals surface area contributed by atoms with Crippen LogP contribution in [-0.4, -0.2) is 87.4 Å². The fourth-order valence-corrected chi connectivity index (χ4v) is 7.71. The maximum absolute atomic E-state index is 12.8. The number of ether oxygens (including phenoxy) is 4. The number of likely N-dealkylation sites (N-methyl/N-ethyl adjacent to an activating group) is 1. The van der Waals surface area contributed by atoms with Gasteiger partial charge in [0, 0.05) is 12.8 Å². The summed E-state index contributed by atoms with van der Waals surface area (Å²) >= 11 is 0. The normalized spacial score (nSPS) is 13.0. The van der Waals surface area contributed by atoms with Crippen LogP contribution in [0.4, 0.5) is 0 Å². The molecule has 0 saturated carbocycles. The average molecular weight is 907 g/mol. The SMILES string of the molecule is CCCCCCCCC/C=C\CCCCCCCCCC(=O)OCC(COC(OCC[N+](C)(C)C)C(=O)O)OC(=O)CCCCCCCCCCC/C=C\CCCCCCCCCC. The number of unbranched alkanes of at least 4 members (excludes halogenated alkanes) is 31. The lowest BCUT2D eigenvalue weighted by molar-refractivity contribution is -0.870. The van der Waals surface area contributed by atoms with Gasteiger partial charge < -0.3 is 28.5 Å². The number of allylic oxidation sites excluding steroid dienone is 4. The predicted octanol–water partition coefficient (Wildman–Crippen LogP) is 15.2. The van der Waals surface area contributed by atoms with Gasteiger partial charge in [-0.15, -0.1) is 0 Å². The molecule has 9 nitrogen and oxygen atoms in total. The Morgan fingerprint density at radius 3 is 1.16 bits per heavy atom. The highest BCUT2D eigenvalue weighted by Crippen LogP contribution is 2.16. The Hall–Kier alpha value is -2.23. The van der Waals surface area contributed by atoms with Crippen molar-refractivity contribution in [2.75, 3.05) is 47.5 Å². The summed E-state index contributed by atoms with van der Waals surface area (Å²) in [5.74, 6) is -2.00. The number of carboxylic acids is 1. The molecule has 0 heterocycles. The molecule has 376 valence electrons. The summed E-state index contributed by atoms with van der Waals surface area (Å²) < 4.78 is 22.8. The molecular weight excluding hydrogens is 803 g/mol. The van der Waals surface area contributed by atoms with Crippen LogP contribution in [0, 0.1) is 0 Å². The minimum atomic E-state index is -1.51. The van der Waals surface area contributed by atoms with Crippen molar-refractivity contribution >= 4 is 17.9 Å². The molecule has 0 rings (SSSR count). The number of carboxylic acid groups (broad SMARTS) is 1. The highest BCUT2D eigenvalue weighted by molar-refractivity contribution is 5.71. The molecule has 2 atom stereocenters. The van der Waals surface area contributed by atoms with E-state index in [2.05, 4.69) is 38.2 Å². The second kappa shape index (κ2) is 47.3. The number of aliphatic carboxylic acids is 1. The summed E-state index contributed by atoms with van der Waals surface area (Å²) in [4.78, 5) is 37.3. The number of esters is 2. The smallest absolute Gasteiger partial charge is 0.361 e. The van der Waals surface area contributed by atoms with E-state index in [1.165, 1.54) is 186 Å². The van der Waals surface area contributed by atoms with Crippen molar-refractivity contribution < 1.29 is 42.9 Å². The molecule has 9 heteroatoms. The van der Waals surface area contributed by atoms with Crippen LogP contribution in [0.5, 0.6) is 0 Å². The second-order valence-corrected chi connectivity index (χ2v) is 19.5. The zero-order chi connectivity index (χ0) is 47.0. The summed E-state index contributed by atoms with van der Waals surface area (Å²) in [5, 5.41) is 9.68. The fourth-order valence-electron chi connectivity index (χ4n) is 7.71. The third-order valence-electron chi connectivity index (χ3n) is 11.9. The van der Waals surface area contributed by atoms with E-state index in [-0.39, 0.29) is 32.2 Å². The van der Waals surface area contributed by atoms with Crippen molar-refractivity contribution in [3.05, 3.63) is 24.3 Å². The third-order valence-corrected chi connectivity index (χ3v) is 11.9. The standard InChI is InChI=1S/C55H103NO8/c1-6-8-10-12-14-16-18-20-22-24-26-27-28-30-32-34-36-38-40-42-44-46-53(58)64-51(50-63-55(54(59)60)61-48-47-56(3,4)5)49-62-52(57)45-43-41-39-37-35-33-31-29-25-23-21-19-17-15-13-11-9-7-2/h23-26,51,55H,6-22,27-50H2,1-5H3/p+1/b25-23-,26-24-. The molecule has 0 amide bonds. The van der Waals surface area contributed by atoms with Gasteiger partial charge in [-0.1, -0.05) is 199 Å². The van der Waals surface area contributed by atoms with E-state index in [0.29, 0.717) is 17.4 Å². The molecule has 0 aromatic rings. The van der Waals surface area contributed by atoms with Crippen LogP contribution in [0.15, 0.2) is 24.3 Å². The van der Waals surface area contributed by atoms with E-state index in [4.69, 9.17) is 18.9 Å². The van der Waals surface area contributed by atoms with E-state index >= 15 is 0 Å². The van der Waals surface area contributed by atoms with E-state index in [9.17, 15) is 19.5 Å². The van der Waals surface area contributed by atoms with Crippen molar-refractivity contribution in [3.8, 4) is 0 Å². The van der Waals surface area contributed by atoms with E-state index in [1.54, 1.807) is 0 Å². The van der Waals surface area contributed by atoms with Crippen molar-refractivity contribution in [3.63, 3.8) is 0 Å². The third kappa shape index (κ3) is 47.7. The number of carbonyl (C=O) groups is 3. The topological polar surface area (TPSA) is 108 Å². The van der Waals surface area contributed by atoms with Gasteiger partial charge in [0.1, 0.15) is 13.2 Å². The summed E-state index contributed by atoms with van der Waals surface area (Å²) in [5.41, 5.74) is 0. The number of quaternary nitrogens is 1. The molecule has 2 unspecified atom stereocenters. The molecule has 0 bridgehead atoms. The largest absolute Gasteiger partial charge is 0.477 e. The van der Waals surface area contributed by atoms with E-state index in [1.807, 2.05) is 21.1 Å². The van der Waals surface area contributed by atoms with Crippen LogP contribution >= 0.6 is 0 Å². The van der Waals surface area contributed by atoms with Gasteiger partial charge in [0.2, 0.25) is 0 Å². The average Bonchev–Trinajstić information content (AvgIpc) is 3.26. The van der Waals surface area contributed by atoms with Crippen LogP contribution in [0.2, 0.25) is 0 Å². The first-order valence-corrected chi connectivity index (χ1v) is 27.0. The molecule has 1 N–H and O–H groups in total. The number of nitrogens with zero attached hydrogens (tertiary/aromatic N) is 1. The maximum Gasteiger partial charge on any atom is 0.361 e. The summed E-state index contributed by atoms with van der Waals surface area (Å²) in [6.45, 7) is 4.90. The fraction of sp³-hybridized carbons (Fsp3) is 0.873. The highest BCUT2D eigenvalue weighted by Gasteiger charge is 2.25. The quantitative estimate of drug-likeness (QED) is 0.0211. The zero-order valence-electron chi connectivity index (χ0n) is 42.7. The Kier molecular flexibility index (Phi) is 45.6. The number of hydrogen-bond donors (Lipinski definition) is 1. The van der Waals surface area contributed by atoms with Crippen molar-refractivity contribution in [1.29, 1.82) is 0 Å². The molecule has 0 saturated heterocycles. The first-order chi connectivity index (χ1) is 31.1. The lowest BCUT2D eigenvalue weighted by Crippen LogP contribution is -2.40. The van der Waals surface area contributed by atoms with Crippen LogP contribution in [0.3, 0.4) is 0 Å². The minimum absolute atomic E-state index is 0.182. The van der Waals surface area contributed by atoms with Gasteiger partial charge in [-0.05, 0) is 64.2 Å². The van der Waals surface area contributed by atoms with Crippen LogP contribution in [0.25, 0.3) is 0 Å².